The number of fused-ring (bicyclic) bond motifs is 1. The monoisotopic (exact) mass is 617 g/mol. The van der Waals surface area contributed by atoms with Gasteiger partial charge in [-0.1, -0.05) is 0 Å². The van der Waals surface area contributed by atoms with Gasteiger partial charge < -0.3 is 14.4 Å². The molecule has 1 amide bonds. The molecule has 8 nitrogen and oxygen atoms in total. The van der Waals surface area contributed by atoms with Crippen molar-refractivity contribution in [1.82, 2.24) is 19.4 Å². The number of nitrogens with one attached hydrogen (secondary N) is 1. The molecule has 0 unspecified atom stereocenters. The second-order valence-electron chi connectivity index (χ2n) is 11.9. The summed E-state index contributed by atoms with van der Waals surface area (Å²) >= 11 is 0. The molecule has 232 valence electrons. The van der Waals surface area contributed by atoms with Crippen LogP contribution in [0.15, 0.2) is 29.2 Å². The van der Waals surface area contributed by atoms with E-state index in [2.05, 4.69) is 14.6 Å². The molecule has 0 atom stereocenters. The maximum Gasteiger partial charge on any atom is 0.449 e. The molecule has 0 bridgehead atoms. The fraction of sp³-hybridized carbons (Fsp3) is 0.484. The van der Waals surface area contributed by atoms with Gasteiger partial charge in [0, 0.05) is 30.3 Å². The van der Waals surface area contributed by atoms with Crippen molar-refractivity contribution in [3.8, 4) is 0 Å². The molecule has 3 aromatic rings. The van der Waals surface area contributed by atoms with Crippen LogP contribution in [0.5, 0.6) is 0 Å². The molecule has 1 aromatic heterocycles. The van der Waals surface area contributed by atoms with Crippen LogP contribution in [0.4, 0.5) is 18.9 Å². The van der Waals surface area contributed by atoms with Crippen LogP contribution in [0, 0.1) is 34.6 Å². The standard InChI is InChI=1S/C31H38F3N5O3S/c1-18-19(2)21(4)28(22(5)20(18)3)43(41,42)36-25-9-7-24(8-10-25)29(40)38-15-16-39-26(17-38)27(35-30(39)31(32,33)34)23-11-13-37(6)14-12-23/h7-10,23,36H,11-17H2,1-6H3. The van der Waals surface area contributed by atoms with Gasteiger partial charge in [-0.15, -0.1) is 0 Å². The molecule has 0 radical (unpaired) electrons. The van der Waals surface area contributed by atoms with Gasteiger partial charge >= 0.3 is 6.18 Å². The van der Waals surface area contributed by atoms with E-state index in [1.54, 1.807) is 18.7 Å². The molecule has 3 heterocycles. The van der Waals surface area contributed by atoms with Crippen molar-refractivity contribution in [3.05, 3.63) is 74.9 Å². The molecular weight excluding hydrogens is 579 g/mol. The number of amides is 1. The van der Waals surface area contributed by atoms with Gasteiger partial charge in [-0.2, -0.15) is 13.2 Å². The van der Waals surface area contributed by atoms with Crippen LogP contribution in [0.2, 0.25) is 0 Å². The van der Waals surface area contributed by atoms with E-state index in [9.17, 15) is 26.4 Å². The van der Waals surface area contributed by atoms with Crippen LogP contribution >= 0.6 is 0 Å². The SMILES string of the molecule is Cc1c(C)c(C)c(S(=O)(=O)Nc2ccc(C(=O)N3CCn4c(C(F)(F)F)nc(C5CCN(C)CC5)c4C3)cc2)c(C)c1C. The average molecular weight is 618 g/mol. The highest BCUT2D eigenvalue weighted by Gasteiger charge is 2.42. The van der Waals surface area contributed by atoms with E-state index >= 15 is 0 Å². The van der Waals surface area contributed by atoms with Gasteiger partial charge in [0.1, 0.15) is 0 Å². The van der Waals surface area contributed by atoms with E-state index < -0.39 is 22.0 Å². The number of halogens is 3. The van der Waals surface area contributed by atoms with Gasteiger partial charge in [-0.05, 0) is 120 Å². The number of hydrogen-bond acceptors (Lipinski definition) is 5. The maximum atomic E-state index is 13.9. The zero-order valence-electron chi connectivity index (χ0n) is 25.4. The first-order chi connectivity index (χ1) is 20.1. The molecule has 5 rings (SSSR count). The van der Waals surface area contributed by atoms with E-state index in [4.69, 9.17) is 0 Å². The summed E-state index contributed by atoms with van der Waals surface area (Å²) in [5.74, 6) is -1.32. The second kappa shape index (κ2) is 11.3. The molecule has 0 spiro atoms. The van der Waals surface area contributed by atoms with Gasteiger partial charge in [-0.25, -0.2) is 13.4 Å². The van der Waals surface area contributed by atoms with Gasteiger partial charge in [0.15, 0.2) is 0 Å². The molecule has 43 heavy (non-hydrogen) atoms. The third-order valence-electron chi connectivity index (χ3n) is 9.27. The molecule has 2 aliphatic heterocycles. The Balaban J connectivity index is 1.37. The van der Waals surface area contributed by atoms with Crippen LogP contribution in [-0.2, 0) is 29.3 Å². The minimum absolute atomic E-state index is 0.00150. The number of nitrogens with zero attached hydrogens (tertiary/aromatic N) is 4. The smallest absolute Gasteiger partial charge is 0.331 e. The number of aromatic nitrogens is 2. The van der Waals surface area contributed by atoms with Gasteiger partial charge in [0.2, 0.25) is 5.82 Å². The molecule has 1 N–H and O–H groups in total. The first-order valence-electron chi connectivity index (χ1n) is 14.4. The number of hydrogen-bond donors (Lipinski definition) is 1. The number of carbonyl (C=O) groups excluding carboxylic acids is 1. The minimum atomic E-state index is -4.58. The molecule has 1 fully saturated rings. The van der Waals surface area contributed by atoms with E-state index in [1.165, 1.54) is 28.8 Å². The summed E-state index contributed by atoms with van der Waals surface area (Å²) in [4.78, 5) is 21.5. The Morgan fingerprint density at radius 2 is 1.44 bits per heavy atom. The molecule has 0 saturated carbocycles. The lowest BCUT2D eigenvalue weighted by Crippen LogP contribution is -2.39. The van der Waals surface area contributed by atoms with Crippen molar-refractivity contribution >= 4 is 21.6 Å². The number of benzene rings is 2. The summed E-state index contributed by atoms with van der Waals surface area (Å²) in [6, 6.07) is 6.14. The van der Waals surface area contributed by atoms with Crippen LogP contribution in [0.1, 0.15) is 74.1 Å². The maximum absolute atomic E-state index is 13.9. The van der Waals surface area contributed by atoms with Crippen molar-refractivity contribution in [2.24, 2.45) is 0 Å². The summed E-state index contributed by atoms with van der Waals surface area (Å²) in [7, 11) is -1.91. The molecule has 2 aromatic carbocycles. The quantitative estimate of drug-likeness (QED) is 0.397. The lowest BCUT2D eigenvalue weighted by Gasteiger charge is -2.32. The Morgan fingerprint density at radius 3 is 2.00 bits per heavy atom. The predicted molar refractivity (Wildman–Crippen MR) is 159 cm³/mol. The fourth-order valence-electron chi connectivity index (χ4n) is 6.33. The van der Waals surface area contributed by atoms with E-state index in [0.717, 1.165) is 29.8 Å². The Bertz CT molecular complexity index is 1640. The summed E-state index contributed by atoms with van der Waals surface area (Å²) in [6.07, 6.45) is -3.16. The first-order valence-corrected chi connectivity index (χ1v) is 15.9. The second-order valence-corrected chi connectivity index (χ2v) is 13.5. The molecular formula is C31H38F3N5O3S. The first kappa shape index (κ1) is 31.1. The van der Waals surface area contributed by atoms with Crippen molar-refractivity contribution in [2.75, 3.05) is 31.4 Å². The highest BCUT2D eigenvalue weighted by Crippen LogP contribution is 2.38. The van der Waals surface area contributed by atoms with Crippen LogP contribution in [-0.4, -0.2) is 60.4 Å². The van der Waals surface area contributed by atoms with Crippen LogP contribution < -0.4 is 4.72 Å². The van der Waals surface area contributed by atoms with Crippen molar-refractivity contribution in [1.29, 1.82) is 0 Å². The predicted octanol–water partition coefficient (Wildman–Crippen LogP) is 5.71. The Morgan fingerprint density at radius 1 is 0.884 bits per heavy atom. The topological polar surface area (TPSA) is 87.5 Å². The van der Waals surface area contributed by atoms with Crippen LogP contribution in [0.25, 0.3) is 0 Å². The van der Waals surface area contributed by atoms with Crippen molar-refractivity contribution < 1.29 is 26.4 Å². The highest BCUT2D eigenvalue weighted by atomic mass is 32.2. The Labute approximate surface area is 251 Å². The number of rotatable bonds is 5. The number of alkyl halides is 3. The van der Waals surface area contributed by atoms with Crippen LogP contribution in [0.3, 0.4) is 0 Å². The Kier molecular flexibility index (Phi) is 8.14. The van der Waals surface area contributed by atoms with Gasteiger partial charge in [-0.3, -0.25) is 9.52 Å². The third kappa shape index (κ3) is 5.78. The normalized spacial score (nSPS) is 16.8. The lowest BCUT2D eigenvalue weighted by molar-refractivity contribution is -0.147. The summed E-state index contributed by atoms with van der Waals surface area (Å²) in [6.45, 7) is 11.1. The highest BCUT2D eigenvalue weighted by molar-refractivity contribution is 7.92. The molecule has 1 saturated heterocycles. The lowest BCUT2D eigenvalue weighted by atomic mass is 9.92. The number of anilines is 1. The number of imidazole rings is 1. The van der Waals surface area contributed by atoms with Gasteiger partial charge in [0.05, 0.1) is 22.8 Å². The van der Waals surface area contributed by atoms with E-state index in [-0.39, 0.29) is 36.4 Å². The van der Waals surface area contributed by atoms with E-state index in [1.807, 2.05) is 27.8 Å². The summed E-state index contributed by atoms with van der Waals surface area (Å²) in [5.41, 5.74) is 5.81. The zero-order chi connectivity index (χ0) is 31.4. The number of carbonyl (C=O) groups is 1. The summed E-state index contributed by atoms with van der Waals surface area (Å²) in [5, 5.41) is 0. The minimum Gasteiger partial charge on any atom is -0.331 e. The molecule has 2 aliphatic rings. The summed E-state index contributed by atoms with van der Waals surface area (Å²) < 4.78 is 72.4. The third-order valence-corrected chi connectivity index (χ3v) is 10.9. The Hall–Kier alpha value is -3.38. The zero-order valence-corrected chi connectivity index (χ0v) is 26.2. The van der Waals surface area contributed by atoms with E-state index in [0.29, 0.717) is 46.6 Å². The van der Waals surface area contributed by atoms with Crippen molar-refractivity contribution in [3.63, 3.8) is 0 Å². The number of sulfonamides is 1. The number of piperidine rings is 1. The van der Waals surface area contributed by atoms with Gasteiger partial charge in [0.25, 0.3) is 15.9 Å². The average Bonchev–Trinajstić information content (AvgIpc) is 3.35. The molecule has 0 aliphatic carbocycles. The largest absolute Gasteiger partial charge is 0.449 e. The fourth-order valence-corrected chi connectivity index (χ4v) is 7.99. The molecule has 12 heteroatoms. The number of likely N-dealkylation sites (tertiary alicyclic amines) is 1. The van der Waals surface area contributed by atoms with Crippen molar-refractivity contribution in [2.45, 2.75) is 77.5 Å².